The normalized spacial score (nSPS) is 11.5. The molecule has 174 valence electrons. The number of fused-ring (bicyclic) bond motifs is 1. The van der Waals surface area contributed by atoms with Gasteiger partial charge in [0.1, 0.15) is 0 Å². The van der Waals surface area contributed by atoms with Crippen LogP contribution in [0.25, 0.3) is 10.9 Å². The number of esters is 1. The Hall–Kier alpha value is -3.01. The summed E-state index contributed by atoms with van der Waals surface area (Å²) in [5.74, 6) is -1.30. The fourth-order valence-electron chi connectivity index (χ4n) is 3.30. The fraction of sp³-hybridized carbons (Fsp3) is 0.261. The summed E-state index contributed by atoms with van der Waals surface area (Å²) >= 11 is 6.01. The highest BCUT2D eigenvalue weighted by molar-refractivity contribution is 7.89. The molecule has 3 rings (SSSR count). The lowest BCUT2D eigenvalue weighted by Gasteiger charge is -2.18. The standard InChI is InChI=1S/C23H24ClN3O5S/c1-4-27(5-2)33(30,31)19-8-6-7-18(13-19)26-22(28)14-32-23(29)20-12-16-11-17(24)9-10-21(16)25-15(20)3/h6-13H,4-5,14H2,1-3H3,(H,26,28). The Labute approximate surface area is 197 Å². The number of nitrogens with zero attached hydrogens (tertiary/aromatic N) is 2. The van der Waals surface area contributed by atoms with Crippen LogP contribution < -0.4 is 5.32 Å². The number of rotatable bonds is 8. The number of halogens is 1. The number of carbonyl (C=O) groups excluding carboxylic acids is 2. The molecule has 0 fully saturated rings. The van der Waals surface area contributed by atoms with E-state index in [1.165, 1.54) is 22.5 Å². The molecule has 0 unspecified atom stereocenters. The summed E-state index contributed by atoms with van der Waals surface area (Å²) in [5, 5.41) is 3.74. The number of aryl methyl sites for hydroxylation is 1. The largest absolute Gasteiger partial charge is 0.452 e. The smallest absolute Gasteiger partial charge is 0.340 e. The van der Waals surface area contributed by atoms with E-state index >= 15 is 0 Å². The number of sulfonamides is 1. The third-order valence-electron chi connectivity index (χ3n) is 4.98. The van der Waals surface area contributed by atoms with Crippen molar-refractivity contribution in [3.05, 3.63) is 64.8 Å². The van der Waals surface area contributed by atoms with Gasteiger partial charge in [-0.1, -0.05) is 31.5 Å². The first-order valence-electron chi connectivity index (χ1n) is 10.3. The third kappa shape index (κ3) is 5.68. The van der Waals surface area contributed by atoms with Crippen molar-refractivity contribution in [2.75, 3.05) is 25.0 Å². The molecule has 3 aromatic rings. The zero-order valence-electron chi connectivity index (χ0n) is 18.5. The van der Waals surface area contributed by atoms with Gasteiger partial charge in [-0.25, -0.2) is 13.2 Å². The van der Waals surface area contributed by atoms with E-state index in [9.17, 15) is 18.0 Å². The molecule has 0 spiro atoms. The van der Waals surface area contributed by atoms with Crippen molar-refractivity contribution in [3.8, 4) is 0 Å². The Morgan fingerprint density at radius 2 is 1.82 bits per heavy atom. The summed E-state index contributed by atoms with van der Waals surface area (Å²) in [6.45, 7) is 5.30. The molecule has 10 heteroatoms. The van der Waals surface area contributed by atoms with Gasteiger partial charge in [-0.05, 0) is 49.4 Å². The van der Waals surface area contributed by atoms with Crippen LogP contribution in [0.15, 0.2) is 53.4 Å². The van der Waals surface area contributed by atoms with E-state index < -0.39 is 28.5 Å². The summed E-state index contributed by atoms with van der Waals surface area (Å²) < 4.78 is 31.8. The minimum Gasteiger partial charge on any atom is -0.452 e. The Morgan fingerprint density at radius 1 is 1.09 bits per heavy atom. The van der Waals surface area contributed by atoms with Crippen LogP contribution in [0.2, 0.25) is 5.02 Å². The second-order valence-corrected chi connectivity index (χ2v) is 9.57. The summed E-state index contributed by atoms with van der Waals surface area (Å²) in [6.07, 6.45) is 0. The van der Waals surface area contributed by atoms with E-state index in [2.05, 4.69) is 10.3 Å². The minimum absolute atomic E-state index is 0.0671. The van der Waals surface area contributed by atoms with Gasteiger partial charge in [0.15, 0.2) is 6.61 Å². The number of hydrogen-bond donors (Lipinski definition) is 1. The number of hydrogen-bond acceptors (Lipinski definition) is 6. The highest BCUT2D eigenvalue weighted by Crippen LogP contribution is 2.22. The summed E-state index contributed by atoms with van der Waals surface area (Å²) in [5.41, 5.74) is 1.66. The van der Waals surface area contributed by atoms with Crippen LogP contribution in [0.3, 0.4) is 0 Å². The zero-order valence-corrected chi connectivity index (χ0v) is 20.0. The number of amides is 1. The summed E-state index contributed by atoms with van der Waals surface area (Å²) in [7, 11) is -3.67. The monoisotopic (exact) mass is 489 g/mol. The molecular weight excluding hydrogens is 466 g/mol. The molecule has 0 aliphatic rings. The van der Waals surface area contributed by atoms with Gasteiger partial charge in [0.05, 0.1) is 21.7 Å². The van der Waals surface area contributed by atoms with Crippen molar-refractivity contribution in [2.45, 2.75) is 25.7 Å². The first-order valence-corrected chi connectivity index (χ1v) is 12.1. The highest BCUT2D eigenvalue weighted by atomic mass is 35.5. The first-order chi connectivity index (χ1) is 15.6. The second-order valence-electron chi connectivity index (χ2n) is 7.20. The number of nitrogens with one attached hydrogen (secondary N) is 1. The van der Waals surface area contributed by atoms with E-state index in [1.807, 2.05) is 0 Å². The van der Waals surface area contributed by atoms with E-state index in [0.29, 0.717) is 34.7 Å². The number of anilines is 1. The van der Waals surface area contributed by atoms with Crippen LogP contribution in [0.5, 0.6) is 0 Å². The predicted octanol–water partition coefficient (Wildman–Crippen LogP) is 4.02. The minimum atomic E-state index is -3.67. The molecule has 1 aromatic heterocycles. The molecule has 1 heterocycles. The molecule has 33 heavy (non-hydrogen) atoms. The third-order valence-corrected chi connectivity index (χ3v) is 7.26. The van der Waals surface area contributed by atoms with Crippen molar-refractivity contribution in [1.82, 2.24) is 9.29 Å². The van der Waals surface area contributed by atoms with E-state index in [1.54, 1.807) is 51.1 Å². The molecule has 0 saturated carbocycles. The van der Waals surface area contributed by atoms with E-state index in [-0.39, 0.29) is 16.1 Å². The Balaban J connectivity index is 1.68. The Bertz CT molecular complexity index is 1310. The molecule has 0 saturated heterocycles. The van der Waals surface area contributed by atoms with Gasteiger partial charge in [0.25, 0.3) is 5.91 Å². The first kappa shape index (κ1) is 24.6. The average molecular weight is 490 g/mol. The second kappa shape index (κ2) is 10.3. The maximum Gasteiger partial charge on any atom is 0.340 e. The maximum atomic E-state index is 12.7. The predicted molar refractivity (Wildman–Crippen MR) is 127 cm³/mol. The van der Waals surface area contributed by atoms with E-state index in [4.69, 9.17) is 16.3 Å². The van der Waals surface area contributed by atoms with Crippen LogP contribution in [0, 0.1) is 6.92 Å². The van der Waals surface area contributed by atoms with Crippen molar-refractivity contribution in [3.63, 3.8) is 0 Å². The highest BCUT2D eigenvalue weighted by Gasteiger charge is 2.22. The molecule has 0 aliphatic carbocycles. The molecule has 1 N–H and O–H groups in total. The van der Waals surface area contributed by atoms with Gasteiger partial charge in [0.2, 0.25) is 10.0 Å². The number of pyridine rings is 1. The molecular formula is C23H24ClN3O5S. The molecule has 0 atom stereocenters. The van der Waals surface area contributed by atoms with Crippen LogP contribution in [-0.2, 0) is 19.6 Å². The molecule has 1 amide bonds. The van der Waals surface area contributed by atoms with E-state index in [0.717, 1.165) is 0 Å². The zero-order chi connectivity index (χ0) is 24.2. The quantitative estimate of drug-likeness (QED) is 0.479. The lowest BCUT2D eigenvalue weighted by atomic mass is 10.1. The maximum absolute atomic E-state index is 12.7. The molecule has 0 radical (unpaired) electrons. The van der Waals surface area contributed by atoms with Gasteiger partial charge in [-0.2, -0.15) is 4.31 Å². The average Bonchev–Trinajstić information content (AvgIpc) is 2.78. The number of ether oxygens (including phenoxy) is 1. The fourth-order valence-corrected chi connectivity index (χ4v) is 4.99. The molecule has 0 bridgehead atoms. The Kier molecular flexibility index (Phi) is 7.68. The number of aromatic nitrogens is 1. The van der Waals surface area contributed by atoms with Gasteiger partial charge in [-0.3, -0.25) is 9.78 Å². The van der Waals surface area contributed by atoms with Crippen LogP contribution in [-0.4, -0.2) is 49.3 Å². The SMILES string of the molecule is CCN(CC)S(=O)(=O)c1cccc(NC(=O)COC(=O)c2cc3cc(Cl)ccc3nc2C)c1. The number of carbonyl (C=O) groups is 2. The van der Waals surface area contributed by atoms with Gasteiger partial charge in [-0.15, -0.1) is 0 Å². The molecule has 8 nitrogen and oxygen atoms in total. The topological polar surface area (TPSA) is 106 Å². The summed E-state index contributed by atoms with van der Waals surface area (Å²) in [4.78, 5) is 29.3. The van der Waals surface area contributed by atoms with Crippen LogP contribution in [0.4, 0.5) is 5.69 Å². The van der Waals surface area contributed by atoms with Crippen molar-refractivity contribution in [2.24, 2.45) is 0 Å². The summed E-state index contributed by atoms with van der Waals surface area (Å²) in [6, 6.07) is 12.7. The van der Waals surface area contributed by atoms with Crippen molar-refractivity contribution >= 4 is 50.1 Å². The van der Waals surface area contributed by atoms with Crippen molar-refractivity contribution in [1.29, 1.82) is 0 Å². The van der Waals surface area contributed by atoms with Gasteiger partial charge in [0, 0.05) is 29.2 Å². The van der Waals surface area contributed by atoms with Crippen molar-refractivity contribution < 1.29 is 22.7 Å². The van der Waals surface area contributed by atoms with Gasteiger partial charge >= 0.3 is 5.97 Å². The lowest BCUT2D eigenvalue weighted by Crippen LogP contribution is -2.30. The molecule has 2 aromatic carbocycles. The Morgan fingerprint density at radius 3 is 2.52 bits per heavy atom. The van der Waals surface area contributed by atoms with Crippen LogP contribution in [0.1, 0.15) is 29.9 Å². The lowest BCUT2D eigenvalue weighted by molar-refractivity contribution is -0.119. The molecule has 0 aliphatic heterocycles. The van der Waals surface area contributed by atoms with Crippen LogP contribution >= 0.6 is 11.6 Å². The van der Waals surface area contributed by atoms with Gasteiger partial charge < -0.3 is 10.1 Å². The number of benzene rings is 2.